The van der Waals surface area contributed by atoms with Crippen LogP contribution in [-0.2, 0) is 6.54 Å². The van der Waals surface area contributed by atoms with Crippen molar-refractivity contribution in [2.45, 2.75) is 19.9 Å². The van der Waals surface area contributed by atoms with Crippen LogP contribution in [0.15, 0.2) is 24.7 Å². The minimum Gasteiger partial charge on any atom is -0.397 e. The molecule has 2 N–H and O–H groups in total. The van der Waals surface area contributed by atoms with Gasteiger partial charge in [0.15, 0.2) is 0 Å². The van der Waals surface area contributed by atoms with Crippen LogP contribution in [-0.4, -0.2) is 14.8 Å². The Morgan fingerprint density at radius 1 is 1.44 bits per heavy atom. The van der Waals surface area contributed by atoms with Gasteiger partial charge < -0.3 is 5.73 Å². The molecule has 84 valence electrons. The zero-order valence-corrected chi connectivity index (χ0v) is 9.78. The normalized spacial score (nSPS) is 10.6. The van der Waals surface area contributed by atoms with Gasteiger partial charge in [-0.3, -0.25) is 9.67 Å². The maximum Gasteiger partial charge on any atom is 0.0719 e. The summed E-state index contributed by atoms with van der Waals surface area (Å²) in [6.07, 6.45) is 5.96. The standard InChI is InChI=1S/C11H13ClN4/c1-2-5-16-10(3-4-15-16)11-8(12)6-14-7-9(11)13/h3-4,6-7H,2,5,13H2,1H3. The maximum atomic E-state index is 6.11. The number of halogens is 1. The second kappa shape index (κ2) is 4.53. The molecule has 16 heavy (non-hydrogen) atoms. The molecule has 0 amide bonds. The predicted octanol–water partition coefficient (Wildman–Crippen LogP) is 2.59. The first-order valence-electron chi connectivity index (χ1n) is 5.15. The molecule has 0 aliphatic carbocycles. The number of nitrogens with zero attached hydrogens (tertiary/aromatic N) is 3. The van der Waals surface area contributed by atoms with Crippen LogP contribution in [0.1, 0.15) is 13.3 Å². The fraction of sp³-hybridized carbons (Fsp3) is 0.273. The minimum absolute atomic E-state index is 0.554. The minimum atomic E-state index is 0.554. The van der Waals surface area contributed by atoms with E-state index in [2.05, 4.69) is 17.0 Å². The van der Waals surface area contributed by atoms with Gasteiger partial charge in [-0.2, -0.15) is 5.10 Å². The van der Waals surface area contributed by atoms with E-state index in [9.17, 15) is 0 Å². The first-order valence-corrected chi connectivity index (χ1v) is 5.53. The van der Waals surface area contributed by atoms with Crippen LogP contribution >= 0.6 is 11.6 Å². The van der Waals surface area contributed by atoms with Crippen LogP contribution in [0.2, 0.25) is 5.02 Å². The lowest BCUT2D eigenvalue weighted by Crippen LogP contribution is -2.03. The average molecular weight is 237 g/mol. The number of hydrogen-bond acceptors (Lipinski definition) is 3. The fourth-order valence-electron chi connectivity index (χ4n) is 1.66. The number of nitrogen functional groups attached to an aromatic ring is 1. The number of nitrogens with two attached hydrogens (primary N) is 1. The van der Waals surface area contributed by atoms with Gasteiger partial charge in [-0.25, -0.2) is 0 Å². The first-order chi connectivity index (χ1) is 7.74. The lowest BCUT2D eigenvalue weighted by atomic mass is 10.1. The molecule has 0 aromatic carbocycles. The molecule has 0 saturated heterocycles. The molecule has 0 spiro atoms. The highest BCUT2D eigenvalue weighted by atomic mass is 35.5. The Hall–Kier alpha value is -1.55. The quantitative estimate of drug-likeness (QED) is 0.891. The van der Waals surface area contributed by atoms with Crippen molar-refractivity contribution in [3.05, 3.63) is 29.7 Å². The van der Waals surface area contributed by atoms with E-state index < -0.39 is 0 Å². The fourth-order valence-corrected chi connectivity index (χ4v) is 1.92. The Morgan fingerprint density at radius 2 is 2.25 bits per heavy atom. The van der Waals surface area contributed by atoms with Gasteiger partial charge in [-0.05, 0) is 12.5 Å². The number of aryl methyl sites for hydroxylation is 1. The Balaban J connectivity index is 2.54. The third kappa shape index (κ3) is 1.88. The molecule has 0 bridgehead atoms. The molecule has 4 nitrogen and oxygen atoms in total. The largest absolute Gasteiger partial charge is 0.397 e. The van der Waals surface area contributed by atoms with E-state index in [1.165, 1.54) is 0 Å². The molecular formula is C11H13ClN4. The van der Waals surface area contributed by atoms with E-state index in [-0.39, 0.29) is 0 Å². The van der Waals surface area contributed by atoms with Gasteiger partial charge in [-0.15, -0.1) is 0 Å². The Kier molecular flexibility index (Phi) is 3.10. The molecule has 5 heteroatoms. The summed E-state index contributed by atoms with van der Waals surface area (Å²) in [6, 6.07) is 1.91. The van der Waals surface area contributed by atoms with Crippen LogP contribution < -0.4 is 5.73 Å². The van der Waals surface area contributed by atoms with Crippen LogP contribution in [0.25, 0.3) is 11.3 Å². The number of hydrogen-bond donors (Lipinski definition) is 1. The van der Waals surface area contributed by atoms with Crippen LogP contribution in [0.5, 0.6) is 0 Å². The van der Waals surface area contributed by atoms with Gasteiger partial charge in [0.2, 0.25) is 0 Å². The number of pyridine rings is 1. The summed E-state index contributed by atoms with van der Waals surface area (Å²) >= 11 is 6.11. The smallest absolute Gasteiger partial charge is 0.0719 e. The molecule has 2 aromatic heterocycles. The van der Waals surface area contributed by atoms with Crippen molar-refractivity contribution in [2.75, 3.05) is 5.73 Å². The van der Waals surface area contributed by atoms with Crippen molar-refractivity contribution in [3.63, 3.8) is 0 Å². The lowest BCUT2D eigenvalue weighted by Gasteiger charge is -2.09. The van der Waals surface area contributed by atoms with Crippen molar-refractivity contribution >= 4 is 17.3 Å². The molecule has 0 aliphatic rings. The Labute approximate surface area is 99.1 Å². The summed E-state index contributed by atoms with van der Waals surface area (Å²) in [6.45, 7) is 2.95. The highest BCUT2D eigenvalue weighted by Crippen LogP contribution is 2.31. The van der Waals surface area contributed by atoms with Crippen molar-refractivity contribution in [1.29, 1.82) is 0 Å². The molecular weight excluding hydrogens is 224 g/mol. The molecule has 0 saturated carbocycles. The van der Waals surface area contributed by atoms with Gasteiger partial charge in [0, 0.05) is 24.5 Å². The SMILES string of the molecule is CCCn1nccc1-c1c(N)cncc1Cl. The number of anilines is 1. The van der Waals surface area contributed by atoms with E-state index in [0.29, 0.717) is 10.7 Å². The lowest BCUT2D eigenvalue weighted by molar-refractivity contribution is 0.609. The second-order valence-electron chi connectivity index (χ2n) is 3.53. The summed E-state index contributed by atoms with van der Waals surface area (Å²) in [7, 11) is 0. The third-order valence-corrected chi connectivity index (χ3v) is 2.62. The summed E-state index contributed by atoms with van der Waals surface area (Å²) < 4.78 is 1.90. The zero-order chi connectivity index (χ0) is 11.5. The highest BCUT2D eigenvalue weighted by molar-refractivity contribution is 6.33. The average Bonchev–Trinajstić information content (AvgIpc) is 2.67. The summed E-state index contributed by atoms with van der Waals surface area (Å²) in [5, 5.41) is 4.80. The highest BCUT2D eigenvalue weighted by Gasteiger charge is 2.12. The first kappa shape index (κ1) is 11.0. The number of rotatable bonds is 3. The molecule has 2 aromatic rings. The topological polar surface area (TPSA) is 56.7 Å². The van der Waals surface area contributed by atoms with Gasteiger partial charge in [0.25, 0.3) is 0 Å². The van der Waals surface area contributed by atoms with Gasteiger partial charge in [0.05, 0.1) is 22.6 Å². The molecule has 0 radical (unpaired) electrons. The second-order valence-corrected chi connectivity index (χ2v) is 3.93. The third-order valence-electron chi connectivity index (χ3n) is 2.34. The van der Waals surface area contributed by atoms with E-state index in [1.54, 1.807) is 18.6 Å². The maximum absolute atomic E-state index is 6.11. The van der Waals surface area contributed by atoms with Crippen LogP contribution in [0, 0.1) is 0 Å². The Bertz CT molecular complexity index is 472. The van der Waals surface area contributed by atoms with Gasteiger partial charge in [-0.1, -0.05) is 18.5 Å². The zero-order valence-electron chi connectivity index (χ0n) is 9.02. The molecule has 2 rings (SSSR count). The monoisotopic (exact) mass is 236 g/mol. The molecule has 2 heterocycles. The molecule has 0 aliphatic heterocycles. The molecule has 0 atom stereocenters. The summed E-state index contributed by atoms with van der Waals surface area (Å²) in [5.41, 5.74) is 8.21. The van der Waals surface area contributed by atoms with Crippen molar-refractivity contribution in [1.82, 2.24) is 14.8 Å². The van der Waals surface area contributed by atoms with Crippen molar-refractivity contribution < 1.29 is 0 Å². The van der Waals surface area contributed by atoms with E-state index in [4.69, 9.17) is 17.3 Å². The van der Waals surface area contributed by atoms with E-state index in [1.807, 2.05) is 10.7 Å². The number of aromatic nitrogens is 3. The van der Waals surface area contributed by atoms with Crippen molar-refractivity contribution in [3.8, 4) is 11.3 Å². The van der Waals surface area contributed by atoms with Crippen LogP contribution in [0.4, 0.5) is 5.69 Å². The Morgan fingerprint density at radius 3 is 2.94 bits per heavy atom. The van der Waals surface area contributed by atoms with Crippen molar-refractivity contribution in [2.24, 2.45) is 0 Å². The van der Waals surface area contributed by atoms with Gasteiger partial charge in [0.1, 0.15) is 0 Å². The van der Waals surface area contributed by atoms with E-state index >= 15 is 0 Å². The van der Waals surface area contributed by atoms with E-state index in [0.717, 1.165) is 24.2 Å². The summed E-state index contributed by atoms with van der Waals surface area (Å²) in [4.78, 5) is 3.94. The molecule has 0 fully saturated rings. The van der Waals surface area contributed by atoms with Gasteiger partial charge >= 0.3 is 0 Å². The predicted molar refractivity (Wildman–Crippen MR) is 65.2 cm³/mol. The summed E-state index contributed by atoms with van der Waals surface area (Å²) in [5.74, 6) is 0. The van der Waals surface area contributed by atoms with Crippen LogP contribution in [0.3, 0.4) is 0 Å². The molecule has 0 unspecified atom stereocenters.